The Balaban J connectivity index is 4.79. The summed E-state index contributed by atoms with van der Waals surface area (Å²) in [5.41, 5.74) is 0. The molecule has 64 heavy (non-hydrogen) atoms. The van der Waals surface area contributed by atoms with E-state index < -0.39 is 18.2 Å². The SMILES string of the molecule is CCC/C=C/C=C/C=C/C=C/C=C/CCCCCCCC(=O)OC(C/C=C\C/C=C\C/C=C\C/C=C\CCCCC)CC(=O)NC(CO)C(O)CCCCCCCCCCCCCC. The number of nitrogens with one attached hydrogen (secondary N) is 1. The van der Waals surface area contributed by atoms with Gasteiger partial charge in [0.05, 0.1) is 25.2 Å². The Morgan fingerprint density at radius 3 is 1.48 bits per heavy atom. The molecule has 3 atom stereocenters. The fraction of sp³-hybridized carbons (Fsp3) is 0.655. The molecule has 0 aliphatic heterocycles. The number of carbonyl (C=O) groups is 2. The van der Waals surface area contributed by atoms with Crippen LogP contribution >= 0.6 is 0 Å². The molecule has 0 fully saturated rings. The molecule has 0 aliphatic rings. The van der Waals surface area contributed by atoms with Gasteiger partial charge in [0.15, 0.2) is 0 Å². The summed E-state index contributed by atoms with van der Waals surface area (Å²) in [6, 6.07) is -0.743. The number of ether oxygens (including phenoxy) is 1. The molecular formula is C58H97NO5. The minimum atomic E-state index is -0.822. The van der Waals surface area contributed by atoms with Crippen molar-refractivity contribution in [1.29, 1.82) is 0 Å². The summed E-state index contributed by atoms with van der Waals surface area (Å²) in [6.45, 7) is 6.32. The van der Waals surface area contributed by atoms with Crippen molar-refractivity contribution in [3.8, 4) is 0 Å². The average molecular weight is 888 g/mol. The topological polar surface area (TPSA) is 95.9 Å². The summed E-state index contributed by atoms with van der Waals surface area (Å²) in [6.07, 6.45) is 68.7. The van der Waals surface area contributed by atoms with Crippen LogP contribution in [-0.4, -0.2) is 46.9 Å². The molecule has 0 spiro atoms. The lowest BCUT2D eigenvalue weighted by atomic mass is 10.0. The average Bonchev–Trinajstić information content (AvgIpc) is 3.29. The van der Waals surface area contributed by atoms with Crippen molar-refractivity contribution < 1.29 is 24.5 Å². The van der Waals surface area contributed by atoms with Gasteiger partial charge >= 0.3 is 5.97 Å². The van der Waals surface area contributed by atoms with Crippen molar-refractivity contribution in [2.75, 3.05) is 6.61 Å². The minimum absolute atomic E-state index is 0.0155. The number of hydrogen-bond acceptors (Lipinski definition) is 5. The third-order valence-corrected chi connectivity index (χ3v) is 11.2. The number of carbonyl (C=O) groups excluding carboxylic acids is 2. The number of rotatable bonds is 45. The van der Waals surface area contributed by atoms with Gasteiger partial charge in [0.1, 0.15) is 6.10 Å². The van der Waals surface area contributed by atoms with Crippen LogP contribution in [0.4, 0.5) is 0 Å². The molecule has 3 unspecified atom stereocenters. The normalized spacial score (nSPS) is 14.1. The summed E-state index contributed by atoms with van der Waals surface area (Å²) < 4.78 is 5.86. The second-order valence-corrected chi connectivity index (χ2v) is 17.3. The van der Waals surface area contributed by atoms with Crippen molar-refractivity contribution in [1.82, 2.24) is 5.32 Å². The maximum absolute atomic E-state index is 13.2. The van der Waals surface area contributed by atoms with Crippen LogP contribution in [0.2, 0.25) is 0 Å². The Morgan fingerprint density at radius 2 is 0.922 bits per heavy atom. The van der Waals surface area contributed by atoms with E-state index in [0.29, 0.717) is 19.3 Å². The molecule has 6 heteroatoms. The first-order valence-corrected chi connectivity index (χ1v) is 26.2. The molecule has 0 aliphatic carbocycles. The third kappa shape index (κ3) is 45.1. The van der Waals surface area contributed by atoms with Crippen molar-refractivity contribution in [2.24, 2.45) is 0 Å². The van der Waals surface area contributed by atoms with E-state index in [4.69, 9.17) is 4.74 Å². The number of aliphatic hydroxyl groups is 2. The fourth-order valence-electron chi connectivity index (χ4n) is 7.20. The van der Waals surface area contributed by atoms with E-state index in [0.717, 1.165) is 89.9 Å². The summed E-state index contributed by atoms with van der Waals surface area (Å²) in [7, 11) is 0. The maximum atomic E-state index is 13.2. The van der Waals surface area contributed by atoms with Crippen LogP contribution in [-0.2, 0) is 14.3 Å². The molecule has 0 heterocycles. The van der Waals surface area contributed by atoms with Gasteiger partial charge in [0, 0.05) is 12.8 Å². The van der Waals surface area contributed by atoms with Crippen LogP contribution in [0.3, 0.4) is 0 Å². The molecule has 1 amide bonds. The van der Waals surface area contributed by atoms with E-state index in [9.17, 15) is 19.8 Å². The smallest absolute Gasteiger partial charge is 0.306 e. The second kappa shape index (κ2) is 50.5. The standard InChI is InChI=1S/C58H97NO5/c1-4-7-10-13-16-19-22-25-27-28-29-31-33-36-39-42-45-48-51-58(63)64-54(49-46-43-40-37-34-32-30-26-23-20-17-14-11-8-5-2)52-57(62)59-55(53-60)56(61)50-47-44-41-38-35-24-21-18-15-12-9-6-3/h10,13,16-17,19-20,22,25-31,34,37,43,46,54-56,60-61H,4-9,11-12,14-15,18,21,23-24,32-33,35-36,38-42,44-45,47-53H2,1-3H3,(H,59,62)/b13-10+,19-16+,20-17-,25-22+,28-27+,30-26-,31-29+,37-34-,46-43-. The third-order valence-electron chi connectivity index (χ3n) is 11.2. The number of esters is 1. The van der Waals surface area contributed by atoms with E-state index >= 15 is 0 Å². The van der Waals surface area contributed by atoms with E-state index in [1.165, 1.54) is 83.5 Å². The van der Waals surface area contributed by atoms with E-state index in [1.807, 2.05) is 36.5 Å². The zero-order valence-corrected chi connectivity index (χ0v) is 41.4. The van der Waals surface area contributed by atoms with Gasteiger partial charge in [-0.15, -0.1) is 0 Å². The quantitative estimate of drug-likeness (QED) is 0.0245. The Kier molecular flexibility index (Phi) is 47.8. The predicted molar refractivity (Wildman–Crippen MR) is 277 cm³/mol. The highest BCUT2D eigenvalue weighted by atomic mass is 16.5. The van der Waals surface area contributed by atoms with Gasteiger partial charge in [-0.3, -0.25) is 9.59 Å². The van der Waals surface area contributed by atoms with Crippen LogP contribution in [0.1, 0.15) is 220 Å². The molecule has 0 saturated heterocycles. The maximum Gasteiger partial charge on any atom is 0.306 e. The largest absolute Gasteiger partial charge is 0.461 e. The molecule has 0 aromatic rings. The Bertz CT molecular complexity index is 1320. The number of unbranched alkanes of at least 4 members (excludes halogenated alkanes) is 20. The van der Waals surface area contributed by atoms with Gasteiger partial charge in [-0.05, 0) is 64.2 Å². The van der Waals surface area contributed by atoms with E-state index in [1.54, 1.807) is 0 Å². The molecular weight excluding hydrogens is 791 g/mol. The molecule has 0 rings (SSSR count). The van der Waals surface area contributed by atoms with Gasteiger partial charge < -0.3 is 20.3 Å². The molecule has 0 saturated carbocycles. The zero-order valence-electron chi connectivity index (χ0n) is 41.4. The lowest BCUT2D eigenvalue weighted by Crippen LogP contribution is -2.46. The van der Waals surface area contributed by atoms with Gasteiger partial charge in [0.25, 0.3) is 0 Å². The van der Waals surface area contributed by atoms with Crippen molar-refractivity contribution in [3.63, 3.8) is 0 Å². The number of aliphatic hydroxyl groups excluding tert-OH is 2. The number of hydrogen-bond donors (Lipinski definition) is 3. The first-order valence-electron chi connectivity index (χ1n) is 26.2. The Hall–Kier alpha value is -3.48. The summed E-state index contributed by atoms with van der Waals surface area (Å²) in [5.74, 6) is -0.614. The number of amides is 1. The van der Waals surface area contributed by atoms with Gasteiger partial charge in [-0.25, -0.2) is 0 Å². The van der Waals surface area contributed by atoms with E-state index in [-0.39, 0.29) is 24.9 Å². The van der Waals surface area contributed by atoms with Crippen LogP contribution in [0.5, 0.6) is 0 Å². The number of allylic oxidation sites excluding steroid dienone is 17. The van der Waals surface area contributed by atoms with Gasteiger partial charge in [0.2, 0.25) is 5.91 Å². The van der Waals surface area contributed by atoms with Crippen molar-refractivity contribution in [2.45, 2.75) is 238 Å². The highest BCUT2D eigenvalue weighted by Crippen LogP contribution is 2.16. The highest BCUT2D eigenvalue weighted by Gasteiger charge is 2.23. The summed E-state index contributed by atoms with van der Waals surface area (Å²) >= 11 is 0. The second-order valence-electron chi connectivity index (χ2n) is 17.3. The molecule has 3 N–H and O–H groups in total. The first kappa shape index (κ1) is 60.5. The predicted octanol–water partition coefficient (Wildman–Crippen LogP) is 15.9. The minimum Gasteiger partial charge on any atom is -0.461 e. The van der Waals surface area contributed by atoms with Crippen molar-refractivity contribution >= 4 is 11.9 Å². The first-order chi connectivity index (χ1) is 31.5. The molecule has 6 nitrogen and oxygen atoms in total. The Labute approximate surface area is 394 Å². The van der Waals surface area contributed by atoms with Gasteiger partial charge in [-0.2, -0.15) is 0 Å². The molecule has 364 valence electrons. The molecule has 0 bridgehead atoms. The van der Waals surface area contributed by atoms with Crippen molar-refractivity contribution in [3.05, 3.63) is 109 Å². The molecule has 0 radical (unpaired) electrons. The van der Waals surface area contributed by atoms with Crippen LogP contribution in [0.25, 0.3) is 0 Å². The summed E-state index contributed by atoms with van der Waals surface area (Å²) in [4.78, 5) is 26.1. The van der Waals surface area contributed by atoms with E-state index in [2.05, 4.69) is 99.0 Å². The lowest BCUT2D eigenvalue weighted by Gasteiger charge is -2.24. The van der Waals surface area contributed by atoms with Crippen LogP contribution < -0.4 is 5.32 Å². The van der Waals surface area contributed by atoms with Crippen LogP contribution in [0.15, 0.2) is 109 Å². The van der Waals surface area contributed by atoms with Crippen LogP contribution in [0, 0.1) is 0 Å². The Morgan fingerprint density at radius 1 is 0.484 bits per heavy atom. The fourth-order valence-corrected chi connectivity index (χ4v) is 7.20. The highest BCUT2D eigenvalue weighted by molar-refractivity contribution is 5.77. The molecule has 0 aromatic heterocycles. The summed E-state index contributed by atoms with van der Waals surface area (Å²) in [5, 5.41) is 23.7. The lowest BCUT2D eigenvalue weighted by molar-refractivity contribution is -0.150. The van der Waals surface area contributed by atoms with Gasteiger partial charge in [-0.1, -0.05) is 246 Å². The molecule has 0 aromatic carbocycles. The monoisotopic (exact) mass is 888 g/mol. The zero-order chi connectivity index (χ0) is 46.7.